The van der Waals surface area contributed by atoms with Crippen molar-refractivity contribution in [3.05, 3.63) is 132 Å². The summed E-state index contributed by atoms with van der Waals surface area (Å²) in [4.78, 5) is 22.3. The average molecular weight is 741 g/mol. The van der Waals surface area contributed by atoms with Gasteiger partial charge in [-0.15, -0.1) is 0 Å². The number of alkyl halides is 3. The molecule has 276 valence electrons. The second-order valence-corrected chi connectivity index (χ2v) is 13.2. The summed E-state index contributed by atoms with van der Waals surface area (Å²) in [6, 6.07) is 29.9. The van der Waals surface area contributed by atoms with Gasteiger partial charge in [0.15, 0.2) is 0 Å². The molecule has 1 saturated carbocycles. The predicted molar refractivity (Wildman–Crippen MR) is 208 cm³/mol. The topological polar surface area (TPSA) is 163 Å². The Labute approximate surface area is 313 Å². The Bertz CT molecular complexity index is 2660. The summed E-state index contributed by atoms with van der Waals surface area (Å²) in [5.41, 5.74) is 19.2. The van der Waals surface area contributed by atoms with Crippen LogP contribution in [0.1, 0.15) is 41.4 Å². The maximum absolute atomic E-state index is 12.8. The molecule has 0 atom stereocenters. The molecule has 1 aliphatic rings. The van der Waals surface area contributed by atoms with Crippen molar-refractivity contribution in [2.24, 2.45) is 0 Å². The van der Waals surface area contributed by atoms with Gasteiger partial charge in [0.05, 0.1) is 33.5 Å². The highest BCUT2D eigenvalue weighted by atomic mass is 19.4. The normalized spacial score (nSPS) is 12.7. The van der Waals surface area contributed by atoms with E-state index in [1.807, 2.05) is 95.9 Å². The first kappa shape index (κ1) is 35.0. The number of rotatable bonds is 7. The third-order valence-corrected chi connectivity index (χ3v) is 8.97. The van der Waals surface area contributed by atoms with E-state index < -0.39 is 11.7 Å². The van der Waals surface area contributed by atoms with Gasteiger partial charge in [-0.2, -0.15) is 33.2 Å². The van der Waals surface area contributed by atoms with E-state index in [4.69, 9.17) is 16.6 Å². The lowest BCUT2D eigenvalue weighted by Crippen LogP contribution is -2.07. The van der Waals surface area contributed by atoms with E-state index in [1.165, 1.54) is 12.1 Å². The van der Waals surface area contributed by atoms with Crippen LogP contribution < -0.4 is 22.1 Å². The molecule has 3 aromatic carbocycles. The lowest BCUT2D eigenvalue weighted by Gasteiger charge is -2.10. The largest absolute Gasteiger partial charge is 0.416 e. The summed E-state index contributed by atoms with van der Waals surface area (Å²) >= 11 is 0. The Morgan fingerprint density at radius 1 is 0.691 bits per heavy atom. The van der Waals surface area contributed by atoms with Gasteiger partial charge in [-0.25, -0.2) is 14.5 Å². The molecule has 55 heavy (non-hydrogen) atoms. The Morgan fingerprint density at radius 2 is 1.38 bits per heavy atom. The standard InChI is InChI=1S/C21H17F3N6.C19H18N6/c22-21(23,24)13-6-8-14(9-7-13)26-20-27-15(11-17(25)28-20)18-16-3-1-2-10-30(16)29-19(18)12-4-5-12;1-12-6-5-7-14(10-12)22-19-23-17(20)11-18(24-19)25-13(2)21-15-8-3-4-9-16(15)25/h1-3,6-12H,4-5H2,(H3,25,26,27,28);3-11H,1-2H3,(H3,20,22,23,24). The molecule has 1 fully saturated rings. The number of nitrogen functional groups attached to an aromatic ring is 2. The predicted octanol–water partition coefficient (Wildman–Crippen LogP) is 8.77. The van der Waals surface area contributed by atoms with Gasteiger partial charge in [0.2, 0.25) is 11.9 Å². The minimum absolute atomic E-state index is 0.210. The molecular formula is C40H35F3N12. The number of pyridine rings is 1. The minimum Gasteiger partial charge on any atom is -0.384 e. The molecule has 0 saturated heterocycles. The van der Waals surface area contributed by atoms with Gasteiger partial charge in [-0.3, -0.25) is 4.57 Å². The molecule has 8 aromatic rings. The summed E-state index contributed by atoms with van der Waals surface area (Å²) in [7, 11) is 0. The highest BCUT2D eigenvalue weighted by molar-refractivity contribution is 5.83. The van der Waals surface area contributed by atoms with E-state index in [2.05, 4.69) is 35.6 Å². The number of nitrogens with one attached hydrogen (secondary N) is 2. The number of benzene rings is 3. The Balaban J connectivity index is 0.000000158. The Morgan fingerprint density at radius 3 is 2.13 bits per heavy atom. The summed E-state index contributed by atoms with van der Waals surface area (Å²) < 4.78 is 42.1. The van der Waals surface area contributed by atoms with E-state index in [1.54, 1.807) is 12.1 Å². The molecule has 0 spiro atoms. The van der Waals surface area contributed by atoms with Gasteiger partial charge in [0.25, 0.3) is 0 Å². The van der Waals surface area contributed by atoms with Gasteiger partial charge in [0, 0.05) is 41.2 Å². The molecule has 0 unspecified atom stereocenters. The third-order valence-electron chi connectivity index (χ3n) is 8.97. The van der Waals surface area contributed by atoms with Crippen LogP contribution in [0.3, 0.4) is 0 Å². The molecule has 15 heteroatoms. The van der Waals surface area contributed by atoms with E-state index in [0.29, 0.717) is 34.9 Å². The van der Waals surface area contributed by atoms with Crippen molar-refractivity contribution in [2.75, 3.05) is 22.1 Å². The fraction of sp³-hybridized carbons (Fsp3) is 0.150. The zero-order chi connectivity index (χ0) is 38.3. The van der Waals surface area contributed by atoms with Crippen LogP contribution in [0.5, 0.6) is 0 Å². The zero-order valence-corrected chi connectivity index (χ0v) is 29.8. The Hall–Kier alpha value is -7.03. The fourth-order valence-corrected chi connectivity index (χ4v) is 6.35. The molecule has 5 heterocycles. The number of imidazole rings is 1. The van der Waals surface area contributed by atoms with Crippen molar-refractivity contribution in [3.8, 4) is 17.1 Å². The monoisotopic (exact) mass is 740 g/mol. The van der Waals surface area contributed by atoms with E-state index in [9.17, 15) is 13.2 Å². The molecule has 12 nitrogen and oxygen atoms in total. The van der Waals surface area contributed by atoms with Crippen LogP contribution in [-0.2, 0) is 6.18 Å². The van der Waals surface area contributed by atoms with Gasteiger partial charge >= 0.3 is 6.18 Å². The summed E-state index contributed by atoms with van der Waals surface area (Å²) in [5.74, 6) is 3.25. The quantitative estimate of drug-likeness (QED) is 0.124. The lowest BCUT2D eigenvalue weighted by atomic mass is 10.1. The summed E-state index contributed by atoms with van der Waals surface area (Å²) in [5, 5.41) is 10.9. The van der Waals surface area contributed by atoms with Gasteiger partial charge in [-0.1, -0.05) is 30.3 Å². The van der Waals surface area contributed by atoms with Gasteiger partial charge in [-0.05, 0) is 92.9 Å². The first-order valence-corrected chi connectivity index (χ1v) is 17.5. The number of halogens is 3. The number of aromatic nitrogens is 8. The van der Waals surface area contributed by atoms with E-state index >= 15 is 0 Å². The lowest BCUT2D eigenvalue weighted by molar-refractivity contribution is -0.137. The van der Waals surface area contributed by atoms with Crippen LogP contribution in [0.4, 0.5) is 48.1 Å². The smallest absolute Gasteiger partial charge is 0.384 e. The first-order chi connectivity index (χ1) is 26.5. The number of hydrogen-bond donors (Lipinski definition) is 4. The number of para-hydroxylation sites is 2. The molecule has 0 aliphatic heterocycles. The number of aryl methyl sites for hydroxylation is 2. The van der Waals surface area contributed by atoms with E-state index in [0.717, 1.165) is 69.9 Å². The highest BCUT2D eigenvalue weighted by Gasteiger charge is 2.32. The van der Waals surface area contributed by atoms with Crippen molar-refractivity contribution < 1.29 is 13.2 Å². The second kappa shape index (κ2) is 14.1. The molecule has 6 N–H and O–H groups in total. The number of nitrogens with zero attached hydrogens (tertiary/aromatic N) is 8. The molecule has 0 bridgehead atoms. The Kier molecular flexibility index (Phi) is 8.96. The van der Waals surface area contributed by atoms with Crippen molar-refractivity contribution in [1.29, 1.82) is 0 Å². The number of fused-ring (bicyclic) bond motifs is 2. The van der Waals surface area contributed by atoms with Crippen molar-refractivity contribution in [2.45, 2.75) is 38.8 Å². The van der Waals surface area contributed by atoms with Crippen LogP contribution in [-0.4, -0.2) is 39.1 Å². The fourth-order valence-electron chi connectivity index (χ4n) is 6.35. The SMILES string of the molecule is Cc1cccc(Nc2nc(N)cc(-n3c(C)nc4ccccc43)n2)c1.Nc1cc(-c2c(C3CC3)nn3ccccc23)nc(Nc2ccc(C(F)(F)F)cc2)n1. The van der Waals surface area contributed by atoms with Crippen LogP contribution in [0.15, 0.2) is 109 Å². The van der Waals surface area contributed by atoms with Crippen LogP contribution in [0.25, 0.3) is 33.6 Å². The number of anilines is 6. The maximum atomic E-state index is 12.8. The van der Waals surface area contributed by atoms with Crippen LogP contribution in [0.2, 0.25) is 0 Å². The number of hydrogen-bond acceptors (Lipinski definition) is 10. The number of nitrogens with two attached hydrogens (primary N) is 2. The molecule has 9 rings (SSSR count). The van der Waals surface area contributed by atoms with Gasteiger partial charge < -0.3 is 22.1 Å². The van der Waals surface area contributed by atoms with Crippen LogP contribution >= 0.6 is 0 Å². The minimum atomic E-state index is -4.39. The van der Waals surface area contributed by atoms with E-state index in [-0.39, 0.29) is 11.8 Å². The maximum Gasteiger partial charge on any atom is 0.416 e. The first-order valence-electron chi connectivity index (χ1n) is 17.5. The van der Waals surface area contributed by atoms with Crippen LogP contribution in [0, 0.1) is 13.8 Å². The second-order valence-electron chi connectivity index (χ2n) is 13.2. The van der Waals surface area contributed by atoms with Crippen molar-refractivity contribution >= 4 is 51.5 Å². The van der Waals surface area contributed by atoms with Crippen molar-refractivity contribution in [1.82, 2.24) is 39.1 Å². The molecule has 0 radical (unpaired) electrons. The summed E-state index contributed by atoms with van der Waals surface area (Å²) in [6.07, 6.45) is -0.346. The van der Waals surface area contributed by atoms with Crippen molar-refractivity contribution in [3.63, 3.8) is 0 Å². The average Bonchev–Trinajstić information content (AvgIpc) is 3.83. The summed E-state index contributed by atoms with van der Waals surface area (Å²) in [6.45, 7) is 3.99. The molecular weight excluding hydrogens is 706 g/mol. The highest BCUT2D eigenvalue weighted by Crippen LogP contribution is 2.45. The molecule has 1 aliphatic carbocycles. The molecule has 0 amide bonds. The third kappa shape index (κ3) is 7.58. The molecule has 5 aromatic heterocycles. The zero-order valence-electron chi connectivity index (χ0n) is 29.8. The van der Waals surface area contributed by atoms with Gasteiger partial charge in [0.1, 0.15) is 23.3 Å².